The standard InChI is InChI=1S/C11H12FNO2S/c12-9-3-1-8(2-4-9)11-13(5-6-14)10(15)7-16-11/h1-4,11,14H,5-7H2/t11-/m0/s1. The van der Waals surface area contributed by atoms with E-state index in [-0.39, 0.29) is 23.7 Å². The number of hydrogen-bond donors (Lipinski definition) is 1. The minimum absolute atomic E-state index is 0.0216. The van der Waals surface area contributed by atoms with Gasteiger partial charge in [0, 0.05) is 6.54 Å². The van der Waals surface area contributed by atoms with Crippen LogP contribution in [0.25, 0.3) is 0 Å². The lowest BCUT2D eigenvalue weighted by Gasteiger charge is -2.23. The topological polar surface area (TPSA) is 40.5 Å². The van der Waals surface area contributed by atoms with Crippen LogP contribution in [0.4, 0.5) is 4.39 Å². The largest absolute Gasteiger partial charge is 0.395 e. The quantitative estimate of drug-likeness (QED) is 0.869. The second kappa shape index (κ2) is 4.84. The number of amides is 1. The van der Waals surface area contributed by atoms with Crippen LogP contribution in [-0.4, -0.2) is 34.8 Å². The molecular weight excluding hydrogens is 229 g/mol. The molecule has 86 valence electrons. The lowest BCUT2D eigenvalue weighted by atomic mass is 10.2. The van der Waals surface area contributed by atoms with Gasteiger partial charge in [0.25, 0.3) is 0 Å². The molecule has 0 unspecified atom stereocenters. The smallest absolute Gasteiger partial charge is 0.233 e. The highest BCUT2D eigenvalue weighted by molar-refractivity contribution is 8.00. The van der Waals surface area contributed by atoms with Gasteiger partial charge >= 0.3 is 0 Å². The highest BCUT2D eigenvalue weighted by Gasteiger charge is 2.32. The van der Waals surface area contributed by atoms with Gasteiger partial charge in [0.2, 0.25) is 5.91 Å². The summed E-state index contributed by atoms with van der Waals surface area (Å²) < 4.78 is 12.8. The highest BCUT2D eigenvalue weighted by Crippen LogP contribution is 2.38. The Labute approximate surface area is 97.3 Å². The molecule has 1 aliphatic heterocycles. The molecule has 0 aromatic heterocycles. The third-order valence-corrected chi connectivity index (χ3v) is 3.72. The molecule has 3 nitrogen and oxygen atoms in total. The molecule has 1 aromatic carbocycles. The summed E-state index contributed by atoms with van der Waals surface area (Å²) in [6.07, 6.45) is 0. The van der Waals surface area contributed by atoms with Gasteiger partial charge in [-0.1, -0.05) is 12.1 Å². The molecule has 1 fully saturated rings. The van der Waals surface area contributed by atoms with Crippen molar-refractivity contribution < 1.29 is 14.3 Å². The van der Waals surface area contributed by atoms with Crippen LogP contribution >= 0.6 is 11.8 Å². The van der Waals surface area contributed by atoms with E-state index in [0.717, 1.165) is 5.56 Å². The van der Waals surface area contributed by atoms with E-state index < -0.39 is 0 Å². The van der Waals surface area contributed by atoms with E-state index in [1.54, 1.807) is 17.0 Å². The molecule has 0 spiro atoms. The molecule has 2 rings (SSSR count). The summed E-state index contributed by atoms with van der Waals surface area (Å²) in [6, 6.07) is 6.12. The Morgan fingerprint density at radius 3 is 2.75 bits per heavy atom. The Morgan fingerprint density at radius 2 is 2.12 bits per heavy atom. The van der Waals surface area contributed by atoms with Crippen molar-refractivity contribution in [3.63, 3.8) is 0 Å². The van der Waals surface area contributed by atoms with Crippen LogP contribution in [0.15, 0.2) is 24.3 Å². The molecule has 1 aliphatic rings. The molecule has 0 aliphatic carbocycles. The molecular formula is C11H12FNO2S. The van der Waals surface area contributed by atoms with Gasteiger partial charge in [0.05, 0.1) is 12.4 Å². The van der Waals surface area contributed by atoms with Crippen molar-refractivity contribution in [2.75, 3.05) is 18.9 Å². The van der Waals surface area contributed by atoms with Gasteiger partial charge in [0.15, 0.2) is 0 Å². The van der Waals surface area contributed by atoms with E-state index in [0.29, 0.717) is 12.3 Å². The first-order valence-electron chi connectivity index (χ1n) is 5.00. The molecule has 1 N–H and O–H groups in total. The van der Waals surface area contributed by atoms with Crippen molar-refractivity contribution in [2.45, 2.75) is 5.37 Å². The summed E-state index contributed by atoms with van der Waals surface area (Å²) >= 11 is 1.50. The number of carbonyl (C=O) groups excluding carboxylic acids is 1. The molecule has 0 radical (unpaired) electrons. The first-order chi connectivity index (χ1) is 7.72. The zero-order valence-corrected chi connectivity index (χ0v) is 9.41. The highest BCUT2D eigenvalue weighted by atomic mass is 32.2. The normalized spacial score (nSPS) is 20.5. The van der Waals surface area contributed by atoms with E-state index in [2.05, 4.69) is 0 Å². The van der Waals surface area contributed by atoms with Gasteiger partial charge in [-0.05, 0) is 17.7 Å². The number of benzene rings is 1. The molecule has 1 atom stereocenters. The first kappa shape index (κ1) is 11.4. The van der Waals surface area contributed by atoms with Crippen molar-refractivity contribution in [2.24, 2.45) is 0 Å². The van der Waals surface area contributed by atoms with E-state index in [4.69, 9.17) is 5.11 Å². The van der Waals surface area contributed by atoms with Crippen LogP contribution in [-0.2, 0) is 4.79 Å². The molecule has 16 heavy (non-hydrogen) atoms. The lowest BCUT2D eigenvalue weighted by Crippen LogP contribution is -2.30. The van der Waals surface area contributed by atoms with Crippen molar-refractivity contribution in [1.82, 2.24) is 4.90 Å². The van der Waals surface area contributed by atoms with Gasteiger partial charge < -0.3 is 10.0 Å². The van der Waals surface area contributed by atoms with Crippen molar-refractivity contribution in [3.05, 3.63) is 35.6 Å². The SMILES string of the molecule is O=C1CS[C@@H](c2ccc(F)cc2)N1CCO. The van der Waals surface area contributed by atoms with E-state index >= 15 is 0 Å². The van der Waals surface area contributed by atoms with Crippen molar-refractivity contribution in [3.8, 4) is 0 Å². The fourth-order valence-corrected chi connectivity index (χ4v) is 2.93. The number of halogens is 1. The summed E-state index contributed by atoms with van der Waals surface area (Å²) in [5, 5.41) is 8.79. The number of thioether (sulfide) groups is 1. The number of aliphatic hydroxyl groups is 1. The van der Waals surface area contributed by atoms with Crippen LogP contribution in [0.2, 0.25) is 0 Å². The molecule has 1 saturated heterocycles. The second-order valence-electron chi connectivity index (χ2n) is 3.53. The van der Waals surface area contributed by atoms with Crippen LogP contribution in [0, 0.1) is 5.82 Å². The van der Waals surface area contributed by atoms with Gasteiger partial charge in [-0.3, -0.25) is 4.79 Å². The average Bonchev–Trinajstić information content (AvgIpc) is 2.63. The molecule has 5 heteroatoms. The minimum Gasteiger partial charge on any atom is -0.395 e. The number of β-amino-alcohol motifs (C(OH)–C–C–N with tert-alkyl or cyclic N) is 1. The Hall–Kier alpha value is -1.07. The maximum Gasteiger partial charge on any atom is 0.233 e. The number of carbonyl (C=O) groups is 1. The summed E-state index contributed by atoms with van der Waals surface area (Å²) in [6.45, 7) is 0.276. The van der Waals surface area contributed by atoms with E-state index in [9.17, 15) is 9.18 Å². The van der Waals surface area contributed by atoms with Crippen LogP contribution in [0.3, 0.4) is 0 Å². The van der Waals surface area contributed by atoms with Gasteiger partial charge in [-0.25, -0.2) is 4.39 Å². The Bertz CT molecular complexity index is 382. The summed E-state index contributed by atoms with van der Waals surface area (Å²) in [4.78, 5) is 13.2. The average molecular weight is 241 g/mol. The zero-order chi connectivity index (χ0) is 11.5. The number of nitrogens with zero attached hydrogens (tertiary/aromatic N) is 1. The number of aliphatic hydroxyl groups excluding tert-OH is 1. The summed E-state index contributed by atoms with van der Waals surface area (Å²) in [5.41, 5.74) is 0.894. The molecule has 1 heterocycles. The molecule has 1 aromatic rings. The third-order valence-electron chi connectivity index (χ3n) is 2.46. The molecule has 0 bridgehead atoms. The number of rotatable bonds is 3. The summed E-state index contributed by atoms with van der Waals surface area (Å²) in [5.74, 6) is 0.155. The van der Waals surface area contributed by atoms with Crippen LogP contribution in [0.1, 0.15) is 10.9 Å². The molecule has 0 saturated carbocycles. The van der Waals surface area contributed by atoms with Crippen molar-refractivity contribution >= 4 is 17.7 Å². The van der Waals surface area contributed by atoms with Crippen LogP contribution in [0.5, 0.6) is 0 Å². The minimum atomic E-state index is -0.285. The van der Waals surface area contributed by atoms with Gasteiger partial charge in [0.1, 0.15) is 11.2 Å². The summed E-state index contributed by atoms with van der Waals surface area (Å²) in [7, 11) is 0. The second-order valence-corrected chi connectivity index (χ2v) is 4.59. The van der Waals surface area contributed by atoms with Gasteiger partial charge in [-0.15, -0.1) is 11.8 Å². The Morgan fingerprint density at radius 1 is 1.44 bits per heavy atom. The zero-order valence-electron chi connectivity index (χ0n) is 8.60. The van der Waals surface area contributed by atoms with Crippen LogP contribution < -0.4 is 0 Å². The predicted octanol–water partition coefficient (Wildman–Crippen LogP) is 1.39. The maximum atomic E-state index is 12.8. The Kier molecular flexibility index (Phi) is 3.46. The van der Waals surface area contributed by atoms with E-state index in [1.165, 1.54) is 23.9 Å². The maximum absolute atomic E-state index is 12.8. The van der Waals surface area contributed by atoms with Crippen molar-refractivity contribution in [1.29, 1.82) is 0 Å². The van der Waals surface area contributed by atoms with Gasteiger partial charge in [-0.2, -0.15) is 0 Å². The fraction of sp³-hybridized carbons (Fsp3) is 0.364. The molecule has 1 amide bonds. The number of hydrogen-bond acceptors (Lipinski definition) is 3. The Balaban J connectivity index is 2.19. The van der Waals surface area contributed by atoms with E-state index in [1.807, 2.05) is 0 Å². The fourth-order valence-electron chi connectivity index (χ4n) is 1.71. The predicted molar refractivity (Wildman–Crippen MR) is 60.4 cm³/mol. The monoisotopic (exact) mass is 241 g/mol. The first-order valence-corrected chi connectivity index (χ1v) is 6.04. The third kappa shape index (κ3) is 2.20. The lowest BCUT2D eigenvalue weighted by molar-refractivity contribution is -0.128.